The van der Waals surface area contributed by atoms with E-state index in [1.54, 1.807) is 0 Å². The van der Waals surface area contributed by atoms with E-state index in [0.29, 0.717) is 19.4 Å². The zero-order valence-electron chi connectivity index (χ0n) is 8.09. The number of hydrogen-bond donors (Lipinski definition) is 2. The molecule has 1 aromatic rings. The molecule has 0 aliphatic carbocycles. The van der Waals surface area contributed by atoms with E-state index >= 15 is 0 Å². The predicted molar refractivity (Wildman–Crippen MR) is 52.0 cm³/mol. The van der Waals surface area contributed by atoms with Crippen LogP contribution in [-0.4, -0.2) is 18.8 Å². The highest BCUT2D eigenvalue weighted by atomic mass is 19.1. The van der Waals surface area contributed by atoms with E-state index in [4.69, 9.17) is 10.5 Å². The SMILES string of the molecule is COc1ccc(O)c(CCCN)c1F. The van der Waals surface area contributed by atoms with Crippen molar-refractivity contribution in [3.8, 4) is 11.5 Å². The number of phenolic OH excluding ortho intramolecular Hbond substituents is 1. The molecule has 0 unspecified atom stereocenters. The first kappa shape index (κ1) is 10.8. The molecule has 0 saturated heterocycles. The normalized spacial score (nSPS) is 10.2. The first-order chi connectivity index (χ1) is 6.70. The summed E-state index contributed by atoms with van der Waals surface area (Å²) in [4.78, 5) is 0. The highest BCUT2D eigenvalue weighted by molar-refractivity contribution is 5.41. The van der Waals surface area contributed by atoms with E-state index in [2.05, 4.69) is 0 Å². The van der Waals surface area contributed by atoms with Crippen LogP contribution in [-0.2, 0) is 6.42 Å². The number of ether oxygens (including phenoxy) is 1. The lowest BCUT2D eigenvalue weighted by molar-refractivity contribution is 0.378. The molecule has 0 fully saturated rings. The summed E-state index contributed by atoms with van der Waals surface area (Å²) in [5.41, 5.74) is 5.58. The number of rotatable bonds is 4. The summed E-state index contributed by atoms with van der Waals surface area (Å²) in [7, 11) is 1.39. The Morgan fingerprint density at radius 3 is 2.79 bits per heavy atom. The fourth-order valence-electron chi connectivity index (χ4n) is 1.26. The molecule has 1 aromatic carbocycles. The van der Waals surface area contributed by atoms with Crippen LogP contribution in [0.15, 0.2) is 12.1 Å². The van der Waals surface area contributed by atoms with Gasteiger partial charge in [-0.25, -0.2) is 4.39 Å². The van der Waals surface area contributed by atoms with Crippen molar-refractivity contribution in [1.82, 2.24) is 0 Å². The van der Waals surface area contributed by atoms with Crippen molar-refractivity contribution in [3.05, 3.63) is 23.5 Å². The zero-order chi connectivity index (χ0) is 10.6. The van der Waals surface area contributed by atoms with Gasteiger partial charge in [0.05, 0.1) is 7.11 Å². The Balaban J connectivity index is 2.99. The van der Waals surface area contributed by atoms with Crippen LogP contribution >= 0.6 is 0 Å². The molecule has 0 heterocycles. The molecule has 14 heavy (non-hydrogen) atoms. The van der Waals surface area contributed by atoms with Crippen molar-refractivity contribution >= 4 is 0 Å². The second-order valence-electron chi connectivity index (χ2n) is 2.97. The van der Waals surface area contributed by atoms with Crippen LogP contribution in [0.4, 0.5) is 4.39 Å². The van der Waals surface area contributed by atoms with E-state index in [9.17, 15) is 9.50 Å². The highest BCUT2D eigenvalue weighted by Crippen LogP contribution is 2.28. The predicted octanol–water partition coefficient (Wildman–Crippen LogP) is 1.43. The Bertz CT molecular complexity index is 315. The molecule has 4 heteroatoms. The van der Waals surface area contributed by atoms with E-state index in [1.807, 2.05) is 0 Å². The monoisotopic (exact) mass is 199 g/mol. The van der Waals surface area contributed by atoms with Gasteiger partial charge in [-0.1, -0.05) is 0 Å². The lowest BCUT2D eigenvalue weighted by Crippen LogP contribution is -2.02. The third kappa shape index (κ3) is 2.14. The zero-order valence-corrected chi connectivity index (χ0v) is 8.09. The van der Waals surface area contributed by atoms with Crippen LogP contribution in [0.1, 0.15) is 12.0 Å². The fraction of sp³-hybridized carbons (Fsp3) is 0.400. The average Bonchev–Trinajstić information content (AvgIpc) is 2.18. The van der Waals surface area contributed by atoms with Crippen molar-refractivity contribution in [2.45, 2.75) is 12.8 Å². The largest absolute Gasteiger partial charge is 0.508 e. The van der Waals surface area contributed by atoms with Crippen molar-refractivity contribution in [2.24, 2.45) is 5.73 Å². The molecule has 0 amide bonds. The molecule has 1 rings (SSSR count). The van der Waals surface area contributed by atoms with Gasteiger partial charge in [-0.3, -0.25) is 0 Å². The van der Waals surface area contributed by atoms with Crippen molar-refractivity contribution in [3.63, 3.8) is 0 Å². The maximum Gasteiger partial charge on any atom is 0.171 e. The maximum atomic E-state index is 13.5. The Morgan fingerprint density at radius 2 is 2.21 bits per heavy atom. The number of nitrogens with two attached hydrogens (primary N) is 1. The van der Waals surface area contributed by atoms with E-state index in [0.717, 1.165) is 0 Å². The number of benzene rings is 1. The summed E-state index contributed by atoms with van der Waals surface area (Å²) in [6, 6.07) is 2.82. The van der Waals surface area contributed by atoms with Crippen LogP contribution in [0, 0.1) is 5.82 Å². The van der Waals surface area contributed by atoms with Crippen molar-refractivity contribution < 1.29 is 14.2 Å². The Kier molecular flexibility index (Phi) is 3.71. The van der Waals surface area contributed by atoms with Gasteiger partial charge in [0.15, 0.2) is 11.6 Å². The molecule has 0 saturated carbocycles. The Labute approximate surface area is 82.3 Å². The number of phenols is 1. The van der Waals surface area contributed by atoms with Gasteiger partial charge in [-0.15, -0.1) is 0 Å². The number of halogens is 1. The molecule has 0 spiro atoms. The van der Waals surface area contributed by atoms with Gasteiger partial charge >= 0.3 is 0 Å². The maximum absolute atomic E-state index is 13.5. The smallest absolute Gasteiger partial charge is 0.171 e. The highest BCUT2D eigenvalue weighted by Gasteiger charge is 2.12. The molecule has 3 nitrogen and oxygen atoms in total. The standard InChI is InChI=1S/C10H14FNO2/c1-14-9-5-4-8(13)7(10(9)11)3-2-6-12/h4-5,13H,2-3,6,12H2,1H3. The van der Waals surface area contributed by atoms with Crippen LogP contribution in [0.2, 0.25) is 0 Å². The van der Waals surface area contributed by atoms with Gasteiger partial charge in [0, 0.05) is 5.56 Å². The lowest BCUT2D eigenvalue weighted by Gasteiger charge is -2.08. The fourth-order valence-corrected chi connectivity index (χ4v) is 1.26. The molecule has 0 aliphatic heterocycles. The Morgan fingerprint density at radius 1 is 1.50 bits per heavy atom. The van der Waals surface area contributed by atoms with Gasteiger partial charge in [-0.2, -0.15) is 0 Å². The average molecular weight is 199 g/mol. The summed E-state index contributed by atoms with van der Waals surface area (Å²) in [5, 5.41) is 9.40. The van der Waals surface area contributed by atoms with Gasteiger partial charge in [0.2, 0.25) is 0 Å². The molecule has 0 bridgehead atoms. The van der Waals surface area contributed by atoms with Gasteiger partial charge < -0.3 is 15.6 Å². The molecule has 3 N–H and O–H groups in total. The van der Waals surface area contributed by atoms with Crippen LogP contribution in [0.25, 0.3) is 0 Å². The van der Waals surface area contributed by atoms with Gasteiger partial charge in [-0.05, 0) is 31.5 Å². The van der Waals surface area contributed by atoms with Crippen molar-refractivity contribution in [1.29, 1.82) is 0 Å². The number of aromatic hydroxyl groups is 1. The molecule has 0 aliphatic rings. The van der Waals surface area contributed by atoms with Gasteiger partial charge in [0.1, 0.15) is 5.75 Å². The van der Waals surface area contributed by atoms with E-state index < -0.39 is 5.82 Å². The number of hydrogen-bond acceptors (Lipinski definition) is 3. The van der Waals surface area contributed by atoms with Gasteiger partial charge in [0.25, 0.3) is 0 Å². The molecule has 0 aromatic heterocycles. The molecular weight excluding hydrogens is 185 g/mol. The molecule has 0 atom stereocenters. The van der Waals surface area contributed by atoms with E-state index in [-0.39, 0.29) is 17.1 Å². The van der Waals surface area contributed by atoms with E-state index in [1.165, 1.54) is 19.2 Å². The second-order valence-corrected chi connectivity index (χ2v) is 2.97. The van der Waals surface area contributed by atoms with Crippen LogP contribution in [0.3, 0.4) is 0 Å². The second kappa shape index (κ2) is 4.81. The third-order valence-corrected chi connectivity index (χ3v) is 2.03. The number of methoxy groups -OCH3 is 1. The minimum atomic E-state index is -0.499. The van der Waals surface area contributed by atoms with Crippen LogP contribution < -0.4 is 10.5 Å². The molecule has 78 valence electrons. The summed E-state index contributed by atoms with van der Waals surface area (Å²) in [6.07, 6.45) is 1.06. The minimum Gasteiger partial charge on any atom is -0.508 e. The quantitative estimate of drug-likeness (QED) is 0.771. The first-order valence-electron chi connectivity index (χ1n) is 4.45. The molecular formula is C10H14FNO2. The Hall–Kier alpha value is -1.29. The van der Waals surface area contributed by atoms with Crippen LogP contribution in [0.5, 0.6) is 11.5 Å². The third-order valence-electron chi connectivity index (χ3n) is 2.03. The van der Waals surface area contributed by atoms with Crippen molar-refractivity contribution in [2.75, 3.05) is 13.7 Å². The summed E-state index contributed by atoms with van der Waals surface area (Å²) >= 11 is 0. The lowest BCUT2D eigenvalue weighted by atomic mass is 10.1. The minimum absolute atomic E-state index is 0.0447. The topological polar surface area (TPSA) is 55.5 Å². The summed E-state index contributed by atoms with van der Waals surface area (Å²) in [5.74, 6) is -0.396. The summed E-state index contributed by atoms with van der Waals surface area (Å²) in [6.45, 7) is 0.468. The first-order valence-corrected chi connectivity index (χ1v) is 4.45. The molecule has 0 radical (unpaired) electrons. The summed E-state index contributed by atoms with van der Waals surface area (Å²) < 4.78 is 18.3.